The minimum atomic E-state index is -0.587. The SMILES string of the molecule is CCO[C@@H]1C[C@@H](O)[C@H](CO)O1. The van der Waals surface area contributed by atoms with Crippen LogP contribution in [0.1, 0.15) is 13.3 Å². The van der Waals surface area contributed by atoms with Gasteiger partial charge in [0, 0.05) is 13.0 Å². The molecule has 4 nitrogen and oxygen atoms in total. The van der Waals surface area contributed by atoms with Gasteiger partial charge in [-0.05, 0) is 6.92 Å². The predicted octanol–water partition coefficient (Wildman–Crippen LogP) is -0.509. The summed E-state index contributed by atoms with van der Waals surface area (Å²) < 4.78 is 10.3. The van der Waals surface area contributed by atoms with Gasteiger partial charge < -0.3 is 19.7 Å². The maximum absolute atomic E-state index is 9.22. The fourth-order valence-corrected chi connectivity index (χ4v) is 1.15. The molecule has 0 bridgehead atoms. The van der Waals surface area contributed by atoms with Gasteiger partial charge in [0.1, 0.15) is 6.10 Å². The fraction of sp³-hybridized carbons (Fsp3) is 1.00. The zero-order valence-corrected chi connectivity index (χ0v) is 6.56. The molecule has 2 N–H and O–H groups in total. The standard InChI is InChI=1S/C7H14O4/c1-2-10-7-3-5(9)6(4-8)11-7/h5-9H,2-4H2,1H3/t5-,6+,7+/m1/s1. The number of aliphatic hydroxyl groups is 2. The summed E-state index contributed by atoms with van der Waals surface area (Å²) in [6.45, 7) is 2.28. The van der Waals surface area contributed by atoms with Crippen LogP contribution in [0.3, 0.4) is 0 Å². The average molecular weight is 162 g/mol. The summed E-state index contributed by atoms with van der Waals surface area (Å²) in [6, 6.07) is 0. The third kappa shape index (κ3) is 2.13. The zero-order chi connectivity index (χ0) is 8.27. The highest BCUT2D eigenvalue weighted by atomic mass is 16.7. The number of ether oxygens (including phenoxy) is 2. The first-order chi connectivity index (χ1) is 5.27. The molecule has 0 unspecified atom stereocenters. The molecular weight excluding hydrogens is 148 g/mol. The number of rotatable bonds is 3. The van der Waals surface area contributed by atoms with Crippen LogP contribution in [-0.4, -0.2) is 41.9 Å². The van der Waals surface area contributed by atoms with Crippen LogP contribution in [0, 0.1) is 0 Å². The van der Waals surface area contributed by atoms with Crippen molar-refractivity contribution < 1.29 is 19.7 Å². The fourth-order valence-electron chi connectivity index (χ4n) is 1.15. The Kier molecular flexibility index (Phi) is 3.26. The molecule has 0 radical (unpaired) electrons. The first kappa shape index (κ1) is 8.93. The van der Waals surface area contributed by atoms with Crippen molar-refractivity contribution in [3.63, 3.8) is 0 Å². The predicted molar refractivity (Wildman–Crippen MR) is 38.0 cm³/mol. The maximum atomic E-state index is 9.22. The molecule has 1 aliphatic rings. The van der Waals surface area contributed by atoms with Crippen molar-refractivity contribution in [3.05, 3.63) is 0 Å². The largest absolute Gasteiger partial charge is 0.394 e. The van der Waals surface area contributed by atoms with Gasteiger partial charge in [0.05, 0.1) is 12.7 Å². The van der Waals surface area contributed by atoms with Crippen LogP contribution in [0.5, 0.6) is 0 Å². The first-order valence-electron chi connectivity index (χ1n) is 3.84. The van der Waals surface area contributed by atoms with Crippen LogP contribution in [0.15, 0.2) is 0 Å². The third-order valence-electron chi connectivity index (χ3n) is 1.72. The topological polar surface area (TPSA) is 58.9 Å². The molecule has 0 spiro atoms. The van der Waals surface area contributed by atoms with E-state index in [1.165, 1.54) is 0 Å². The van der Waals surface area contributed by atoms with E-state index in [-0.39, 0.29) is 12.9 Å². The summed E-state index contributed by atoms with van der Waals surface area (Å²) in [7, 11) is 0. The average Bonchev–Trinajstić information content (AvgIpc) is 2.32. The molecule has 11 heavy (non-hydrogen) atoms. The smallest absolute Gasteiger partial charge is 0.160 e. The number of hydrogen-bond acceptors (Lipinski definition) is 4. The molecule has 1 heterocycles. The molecule has 1 fully saturated rings. The highest BCUT2D eigenvalue weighted by Gasteiger charge is 2.33. The van der Waals surface area contributed by atoms with Crippen molar-refractivity contribution in [3.8, 4) is 0 Å². The lowest BCUT2D eigenvalue weighted by molar-refractivity contribution is -0.140. The molecule has 0 saturated carbocycles. The van der Waals surface area contributed by atoms with Gasteiger partial charge in [-0.15, -0.1) is 0 Å². The van der Waals surface area contributed by atoms with Gasteiger partial charge in [0.25, 0.3) is 0 Å². The molecule has 3 atom stereocenters. The molecule has 1 saturated heterocycles. The normalized spacial score (nSPS) is 37.9. The van der Waals surface area contributed by atoms with E-state index in [1.54, 1.807) is 0 Å². The second kappa shape index (κ2) is 4.01. The molecule has 1 aliphatic heterocycles. The van der Waals surface area contributed by atoms with Crippen LogP contribution in [0.4, 0.5) is 0 Å². The van der Waals surface area contributed by atoms with Crippen molar-refractivity contribution in [2.75, 3.05) is 13.2 Å². The van der Waals surface area contributed by atoms with Crippen molar-refractivity contribution in [1.82, 2.24) is 0 Å². The molecule has 0 aromatic rings. The quantitative estimate of drug-likeness (QED) is 0.587. The van der Waals surface area contributed by atoms with Gasteiger partial charge in [0.15, 0.2) is 6.29 Å². The lowest BCUT2D eigenvalue weighted by Crippen LogP contribution is -2.24. The summed E-state index contributed by atoms with van der Waals surface area (Å²) in [5, 5.41) is 17.9. The molecule has 0 aromatic heterocycles. The molecular formula is C7H14O4. The Morgan fingerprint density at radius 3 is 2.82 bits per heavy atom. The van der Waals surface area contributed by atoms with Gasteiger partial charge in [0.2, 0.25) is 0 Å². The molecule has 66 valence electrons. The maximum Gasteiger partial charge on any atom is 0.160 e. The van der Waals surface area contributed by atoms with Crippen LogP contribution in [0.25, 0.3) is 0 Å². The van der Waals surface area contributed by atoms with E-state index in [9.17, 15) is 5.11 Å². The Morgan fingerprint density at radius 1 is 1.64 bits per heavy atom. The second-order valence-corrected chi connectivity index (χ2v) is 2.55. The van der Waals surface area contributed by atoms with E-state index in [0.29, 0.717) is 13.0 Å². The lowest BCUT2D eigenvalue weighted by Gasteiger charge is -2.10. The monoisotopic (exact) mass is 162 g/mol. The van der Waals surface area contributed by atoms with E-state index >= 15 is 0 Å². The van der Waals surface area contributed by atoms with Gasteiger partial charge in [-0.1, -0.05) is 0 Å². The molecule has 4 heteroatoms. The molecule has 0 amide bonds. The van der Waals surface area contributed by atoms with Gasteiger partial charge >= 0.3 is 0 Å². The Balaban J connectivity index is 2.30. The molecule has 0 aromatic carbocycles. The van der Waals surface area contributed by atoms with Crippen LogP contribution >= 0.6 is 0 Å². The van der Waals surface area contributed by atoms with Gasteiger partial charge in [-0.25, -0.2) is 0 Å². The van der Waals surface area contributed by atoms with Crippen LogP contribution in [-0.2, 0) is 9.47 Å². The minimum absolute atomic E-state index is 0.148. The molecule has 0 aliphatic carbocycles. The van der Waals surface area contributed by atoms with Gasteiger partial charge in [-0.3, -0.25) is 0 Å². The van der Waals surface area contributed by atoms with Crippen molar-refractivity contribution in [2.45, 2.75) is 31.8 Å². The Labute approximate surface area is 65.7 Å². The van der Waals surface area contributed by atoms with Crippen molar-refractivity contribution in [2.24, 2.45) is 0 Å². The minimum Gasteiger partial charge on any atom is -0.394 e. The third-order valence-corrected chi connectivity index (χ3v) is 1.72. The van der Waals surface area contributed by atoms with E-state index < -0.39 is 12.2 Å². The summed E-state index contributed by atoms with van der Waals surface area (Å²) in [6.07, 6.45) is -0.936. The van der Waals surface area contributed by atoms with Crippen molar-refractivity contribution >= 4 is 0 Å². The van der Waals surface area contributed by atoms with Crippen LogP contribution < -0.4 is 0 Å². The number of aliphatic hydroxyl groups excluding tert-OH is 2. The summed E-state index contributed by atoms with van der Waals surface area (Å²) in [5.74, 6) is 0. The van der Waals surface area contributed by atoms with Gasteiger partial charge in [-0.2, -0.15) is 0 Å². The highest BCUT2D eigenvalue weighted by Crippen LogP contribution is 2.20. The second-order valence-electron chi connectivity index (χ2n) is 2.55. The molecule has 1 rings (SSSR count). The summed E-state index contributed by atoms with van der Waals surface area (Å²) in [4.78, 5) is 0. The van der Waals surface area contributed by atoms with Crippen LogP contribution in [0.2, 0.25) is 0 Å². The Hall–Kier alpha value is -0.160. The lowest BCUT2D eigenvalue weighted by atomic mass is 10.2. The first-order valence-corrected chi connectivity index (χ1v) is 3.84. The summed E-state index contributed by atoms with van der Waals surface area (Å²) >= 11 is 0. The number of hydrogen-bond donors (Lipinski definition) is 2. The Morgan fingerprint density at radius 2 is 2.36 bits per heavy atom. The highest BCUT2D eigenvalue weighted by molar-refractivity contribution is 4.76. The zero-order valence-electron chi connectivity index (χ0n) is 6.56. The van der Waals surface area contributed by atoms with E-state index in [2.05, 4.69) is 0 Å². The van der Waals surface area contributed by atoms with E-state index in [0.717, 1.165) is 0 Å². The van der Waals surface area contributed by atoms with E-state index in [4.69, 9.17) is 14.6 Å². The Bertz CT molecular complexity index is 117. The van der Waals surface area contributed by atoms with E-state index in [1.807, 2.05) is 6.92 Å². The summed E-state index contributed by atoms with van der Waals surface area (Å²) in [5.41, 5.74) is 0. The van der Waals surface area contributed by atoms with Crippen molar-refractivity contribution in [1.29, 1.82) is 0 Å².